The molecule has 2 nitrogen and oxygen atoms in total. The van der Waals surface area contributed by atoms with Gasteiger partial charge in [-0.25, -0.2) is 0 Å². The van der Waals surface area contributed by atoms with Gasteiger partial charge in [0, 0.05) is 33.8 Å². The number of benzene rings is 6. The van der Waals surface area contributed by atoms with Gasteiger partial charge in [-0.05, 0) is 102 Å². The van der Waals surface area contributed by atoms with Crippen molar-refractivity contribution in [3.8, 4) is 16.8 Å². The largest absolute Gasteiger partial charge is 0.314 e. The number of aryl methyl sites for hydroxylation is 1. The van der Waals surface area contributed by atoms with E-state index in [0.29, 0.717) is 5.92 Å². The third-order valence-electron chi connectivity index (χ3n) is 9.57. The van der Waals surface area contributed by atoms with Gasteiger partial charge >= 0.3 is 0 Å². The highest BCUT2D eigenvalue weighted by Gasteiger charge is 2.36. The molecule has 7 aromatic rings. The van der Waals surface area contributed by atoms with E-state index in [9.17, 15) is 0 Å². The Morgan fingerprint density at radius 2 is 1.40 bits per heavy atom. The van der Waals surface area contributed by atoms with Crippen LogP contribution < -0.4 is 4.90 Å². The molecule has 1 aromatic heterocycles. The van der Waals surface area contributed by atoms with Crippen molar-refractivity contribution in [2.45, 2.75) is 32.1 Å². The molecular formula is C41H32N2. The molecule has 1 aliphatic heterocycles. The average molecular weight is 553 g/mol. The highest BCUT2D eigenvalue weighted by molar-refractivity contribution is 6.10. The lowest BCUT2D eigenvalue weighted by molar-refractivity contribution is 0.634. The van der Waals surface area contributed by atoms with Crippen LogP contribution in [0.25, 0.3) is 49.4 Å². The fourth-order valence-corrected chi connectivity index (χ4v) is 7.56. The van der Waals surface area contributed by atoms with E-state index in [0.717, 1.165) is 6.42 Å². The lowest BCUT2D eigenvalue weighted by Gasteiger charge is -2.26. The molecule has 9 rings (SSSR count). The van der Waals surface area contributed by atoms with Crippen molar-refractivity contribution in [1.82, 2.24) is 4.57 Å². The quantitative estimate of drug-likeness (QED) is 0.212. The minimum atomic E-state index is 0.470. The van der Waals surface area contributed by atoms with Crippen molar-refractivity contribution in [3.05, 3.63) is 150 Å². The maximum atomic E-state index is 2.55. The van der Waals surface area contributed by atoms with Gasteiger partial charge in [0.15, 0.2) is 0 Å². The number of fused-ring (bicyclic) bond motifs is 7. The Hall–Kier alpha value is -5.08. The third kappa shape index (κ3) is 3.79. The summed E-state index contributed by atoms with van der Waals surface area (Å²) in [5.74, 6) is 0.470. The van der Waals surface area contributed by atoms with Crippen LogP contribution >= 0.6 is 0 Å². The lowest BCUT2D eigenvalue weighted by Crippen LogP contribution is -2.15. The summed E-state index contributed by atoms with van der Waals surface area (Å²) >= 11 is 0. The smallest absolute Gasteiger partial charge is 0.0541 e. The van der Waals surface area contributed by atoms with Crippen molar-refractivity contribution in [2.24, 2.45) is 0 Å². The Morgan fingerprint density at radius 1 is 0.605 bits per heavy atom. The van der Waals surface area contributed by atoms with Gasteiger partial charge in [0.2, 0.25) is 0 Å². The molecule has 0 saturated carbocycles. The Kier molecular flexibility index (Phi) is 5.40. The molecule has 2 aliphatic rings. The topological polar surface area (TPSA) is 8.17 Å². The van der Waals surface area contributed by atoms with E-state index >= 15 is 0 Å². The minimum Gasteiger partial charge on any atom is -0.314 e. The Bertz CT molecular complexity index is 2230. The first-order valence-electron chi connectivity index (χ1n) is 15.5. The zero-order chi connectivity index (χ0) is 28.5. The molecular weight excluding hydrogens is 520 g/mol. The SMILES string of the molecule is Cc1ccc2ccc(N3C4=CCCCC4c4ccc(-c5ccc6c(c5)c5ccccc5n6-c5ccccc5)cc43)cc2c1. The highest BCUT2D eigenvalue weighted by atomic mass is 15.2. The van der Waals surface area contributed by atoms with Gasteiger partial charge in [0.25, 0.3) is 0 Å². The van der Waals surface area contributed by atoms with Crippen molar-refractivity contribution in [3.63, 3.8) is 0 Å². The normalized spacial score (nSPS) is 16.1. The van der Waals surface area contributed by atoms with Crippen LogP contribution in [0.5, 0.6) is 0 Å². The number of hydrogen-bond acceptors (Lipinski definition) is 1. The van der Waals surface area contributed by atoms with E-state index < -0.39 is 0 Å². The number of anilines is 2. The first kappa shape index (κ1) is 24.5. The van der Waals surface area contributed by atoms with Crippen LogP contribution in [0, 0.1) is 6.92 Å². The van der Waals surface area contributed by atoms with E-state index in [1.807, 2.05) is 0 Å². The summed E-state index contributed by atoms with van der Waals surface area (Å²) in [7, 11) is 0. The van der Waals surface area contributed by atoms with Crippen LogP contribution in [0.15, 0.2) is 139 Å². The first-order chi connectivity index (χ1) is 21.2. The molecule has 0 bridgehead atoms. The molecule has 1 aliphatic carbocycles. The standard InChI is InChI=1S/C41H32N2/c1-27-15-16-28-17-20-33(24-31(28)23-27)43-38-13-7-5-11-34(38)36-21-18-30(26-41(36)43)29-19-22-40-37(25-29)35-12-6-8-14-39(35)42(40)32-9-3-2-4-10-32/h2-4,6,8-10,12-26,34H,5,7,11H2,1H3. The molecule has 2 heterocycles. The molecule has 6 aromatic carbocycles. The maximum Gasteiger partial charge on any atom is 0.0541 e. The van der Waals surface area contributed by atoms with Crippen molar-refractivity contribution in [2.75, 3.05) is 4.90 Å². The fraction of sp³-hybridized carbons (Fsp3) is 0.122. The minimum absolute atomic E-state index is 0.470. The molecule has 0 fully saturated rings. The predicted molar refractivity (Wildman–Crippen MR) is 182 cm³/mol. The molecule has 0 saturated heterocycles. The lowest BCUT2D eigenvalue weighted by atomic mass is 9.88. The Morgan fingerprint density at radius 3 is 2.33 bits per heavy atom. The second-order valence-electron chi connectivity index (χ2n) is 12.2. The predicted octanol–water partition coefficient (Wildman–Crippen LogP) is 11.2. The Labute approximate surface area is 252 Å². The summed E-state index contributed by atoms with van der Waals surface area (Å²) < 4.78 is 2.39. The molecule has 0 spiro atoms. The molecule has 2 heteroatoms. The molecule has 0 N–H and O–H groups in total. The maximum absolute atomic E-state index is 2.55. The van der Waals surface area contributed by atoms with Crippen LogP contribution in [0.1, 0.15) is 36.3 Å². The third-order valence-corrected chi connectivity index (χ3v) is 9.57. The van der Waals surface area contributed by atoms with Crippen LogP contribution in [0.3, 0.4) is 0 Å². The summed E-state index contributed by atoms with van der Waals surface area (Å²) in [6.07, 6.45) is 6.10. The van der Waals surface area contributed by atoms with Crippen molar-refractivity contribution < 1.29 is 0 Å². The van der Waals surface area contributed by atoms with E-state index in [4.69, 9.17) is 0 Å². The number of rotatable bonds is 3. The molecule has 1 unspecified atom stereocenters. The highest BCUT2D eigenvalue weighted by Crippen LogP contribution is 2.53. The molecule has 0 amide bonds. The fourth-order valence-electron chi connectivity index (χ4n) is 7.56. The van der Waals surface area contributed by atoms with Crippen molar-refractivity contribution >= 4 is 44.0 Å². The molecule has 206 valence electrons. The summed E-state index contributed by atoms with van der Waals surface area (Å²) in [5, 5.41) is 5.17. The van der Waals surface area contributed by atoms with E-state index in [1.165, 1.54) is 90.4 Å². The van der Waals surface area contributed by atoms with Crippen LogP contribution in [-0.4, -0.2) is 4.57 Å². The van der Waals surface area contributed by atoms with Gasteiger partial charge < -0.3 is 9.47 Å². The number of allylic oxidation sites excluding steroid dienone is 2. The van der Waals surface area contributed by atoms with Gasteiger partial charge in [-0.15, -0.1) is 0 Å². The van der Waals surface area contributed by atoms with Crippen molar-refractivity contribution in [1.29, 1.82) is 0 Å². The second kappa shape index (κ2) is 9.47. The number of aromatic nitrogens is 1. The van der Waals surface area contributed by atoms with Gasteiger partial charge in [0.1, 0.15) is 0 Å². The zero-order valence-electron chi connectivity index (χ0n) is 24.3. The summed E-state index contributed by atoms with van der Waals surface area (Å²) in [6, 6.07) is 47.3. The molecule has 43 heavy (non-hydrogen) atoms. The van der Waals surface area contributed by atoms with Crippen LogP contribution in [-0.2, 0) is 0 Å². The van der Waals surface area contributed by atoms with E-state index in [-0.39, 0.29) is 0 Å². The van der Waals surface area contributed by atoms with E-state index in [1.54, 1.807) is 0 Å². The van der Waals surface area contributed by atoms with Gasteiger partial charge in [-0.1, -0.05) is 90.5 Å². The summed E-state index contributed by atoms with van der Waals surface area (Å²) in [5.41, 5.74) is 13.0. The average Bonchev–Trinajstić information content (AvgIpc) is 3.57. The molecule has 1 atom stereocenters. The van der Waals surface area contributed by atoms with E-state index in [2.05, 4.69) is 150 Å². The number of para-hydroxylation sites is 2. The summed E-state index contributed by atoms with van der Waals surface area (Å²) in [6.45, 7) is 2.18. The zero-order valence-corrected chi connectivity index (χ0v) is 24.3. The Balaban J connectivity index is 1.21. The summed E-state index contributed by atoms with van der Waals surface area (Å²) in [4.78, 5) is 2.55. The van der Waals surface area contributed by atoms with Crippen LogP contribution in [0.4, 0.5) is 11.4 Å². The first-order valence-corrected chi connectivity index (χ1v) is 15.5. The van der Waals surface area contributed by atoms with Crippen LogP contribution in [0.2, 0.25) is 0 Å². The van der Waals surface area contributed by atoms with Gasteiger partial charge in [-0.2, -0.15) is 0 Å². The number of nitrogens with zero attached hydrogens (tertiary/aromatic N) is 2. The monoisotopic (exact) mass is 552 g/mol. The molecule has 0 radical (unpaired) electrons. The van der Waals surface area contributed by atoms with Gasteiger partial charge in [-0.3, -0.25) is 0 Å². The van der Waals surface area contributed by atoms with Gasteiger partial charge in [0.05, 0.1) is 16.7 Å². The second-order valence-corrected chi connectivity index (χ2v) is 12.2. The number of hydrogen-bond donors (Lipinski definition) is 0.